The average molecular weight is 611 g/mol. The highest BCUT2D eigenvalue weighted by Gasteiger charge is 2.26. The fourth-order valence-corrected chi connectivity index (χ4v) is 8.32. The Morgan fingerprint density at radius 2 is 0.854 bits per heavy atom. The van der Waals surface area contributed by atoms with Crippen molar-refractivity contribution in [3.63, 3.8) is 0 Å². The summed E-state index contributed by atoms with van der Waals surface area (Å²) >= 11 is 0. The SMILES string of the molecule is c1ccc(-n2c3ccccc3c3c4ncccc4c4c5ccccc5n(-c5cccc6c7ccccc7c7cccnc7c56)c4c32)cc1. The Bertz CT molecular complexity index is 3070. The molecule has 0 atom stereocenters. The van der Waals surface area contributed by atoms with E-state index in [2.05, 4.69) is 149 Å². The van der Waals surface area contributed by atoms with Gasteiger partial charge in [0.2, 0.25) is 0 Å². The van der Waals surface area contributed by atoms with E-state index in [1.807, 2.05) is 18.5 Å². The third kappa shape index (κ3) is 3.23. The van der Waals surface area contributed by atoms with E-state index in [0.29, 0.717) is 0 Å². The van der Waals surface area contributed by atoms with Crippen molar-refractivity contribution in [1.29, 1.82) is 0 Å². The van der Waals surface area contributed by atoms with Gasteiger partial charge in [0.25, 0.3) is 0 Å². The highest BCUT2D eigenvalue weighted by atomic mass is 15.0. The van der Waals surface area contributed by atoms with Gasteiger partial charge in [-0.2, -0.15) is 0 Å². The van der Waals surface area contributed by atoms with Gasteiger partial charge in [0.1, 0.15) is 0 Å². The lowest BCUT2D eigenvalue weighted by Crippen LogP contribution is -2.00. The molecule has 0 aliphatic carbocycles. The lowest BCUT2D eigenvalue weighted by atomic mass is 9.96. The number of hydrogen-bond donors (Lipinski definition) is 0. The molecule has 11 rings (SSSR count). The minimum atomic E-state index is 1.01. The van der Waals surface area contributed by atoms with Crippen LogP contribution in [0.25, 0.3) is 98.3 Å². The third-order valence-electron chi connectivity index (χ3n) is 10.1. The first kappa shape index (κ1) is 25.6. The van der Waals surface area contributed by atoms with Gasteiger partial charge in [-0.15, -0.1) is 0 Å². The Labute approximate surface area is 274 Å². The summed E-state index contributed by atoms with van der Waals surface area (Å²) in [5.74, 6) is 0. The van der Waals surface area contributed by atoms with Gasteiger partial charge in [0.15, 0.2) is 0 Å². The van der Waals surface area contributed by atoms with Crippen molar-refractivity contribution in [3.05, 3.63) is 158 Å². The summed E-state index contributed by atoms with van der Waals surface area (Å²) in [7, 11) is 0. The van der Waals surface area contributed by atoms with Crippen LogP contribution in [0.3, 0.4) is 0 Å². The number of rotatable bonds is 2. The van der Waals surface area contributed by atoms with Gasteiger partial charge in [-0.3, -0.25) is 9.97 Å². The third-order valence-corrected chi connectivity index (χ3v) is 10.1. The van der Waals surface area contributed by atoms with Crippen molar-refractivity contribution >= 4 is 87.0 Å². The van der Waals surface area contributed by atoms with Crippen LogP contribution in [0.15, 0.2) is 158 Å². The van der Waals surface area contributed by atoms with Crippen LogP contribution < -0.4 is 0 Å². The predicted molar refractivity (Wildman–Crippen MR) is 201 cm³/mol. The summed E-state index contributed by atoms with van der Waals surface area (Å²) in [6, 6.07) is 52.3. The number of pyridine rings is 2. The summed E-state index contributed by atoms with van der Waals surface area (Å²) in [5, 5.41) is 11.9. The van der Waals surface area contributed by atoms with E-state index >= 15 is 0 Å². The number of nitrogens with zero attached hydrogens (tertiary/aromatic N) is 4. The van der Waals surface area contributed by atoms with E-state index in [-0.39, 0.29) is 0 Å². The zero-order chi connectivity index (χ0) is 31.3. The molecule has 0 bridgehead atoms. The van der Waals surface area contributed by atoms with Crippen LogP contribution in [-0.2, 0) is 0 Å². The standard InChI is InChI=1S/C44H26N4/c1-2-13-27(14-3-1)47-35-22-8-7-18-33(35)40-42-34(21-12-26-46-42)38-32-17-6-9-23-36(32)48(43(38)44(40)47)37-24-10-19-30-28-15-4-5-16-29(28)31-20-11-25-45-41(31)39(30)37/h1-26H. The maximum absolute atomic E-state index is 5.10. The van der Waals surface area contributed by atoms with Crippen LogP contribution in [0.5, 0.6) is 0 Å². The smallest absolute Gasteiger partial charge is 0.0811 e. The highest BCUT2D eigenvalue weighted by Crippen LogP contribution is 2.47. The van der Waals surface area contributed by atoms with E-state index in [9.17, 15) is 0 Å². The van der Waals surface area contributed by atoms with E-state index in [0.717, 1.165) is 66.0 Å². The molecule has 0 aliphatic rings. The molecule has 4 aromatic heterocycles. The van der Waals surface area contributed by atoms with E-state index in [1.165, 1.54) is 32.3 Å². The molecule has 0 aliphatic heterocycles. The topological polar surface area (TPSA) is 35.6 Å². The normalized spacial score (nSPS) is 12.2. The van der Waals surface area contributed by atoms with Crippen LogP contribution in [-0.4, -0.2) is 19.1 Å². The van der Waals surface area contributed by atoms with Gasteiger partial charge in [-0.25, -0.2) is 0 Å². The van der Waals surface area contributed by atoms with Gasteiger partial charge in [0.05, 0.1) is 38.8 Å². The van der Waals surface area contributed by atoms with Crippen molar-refractivity contribution in [2.75, 3.05) is 0 Å². The zero-order valence-corrected chi connectivity index (χ0v) is 25.8. The molecule has 4 heterocycles. The van der Waals surface area contributed by atoms with Gasteiger partial charge in [-0.1, -0.05) is 103 Å². The molecule has 222 valence electrons. The minimum absolute atomic E-state index is 1.01. The number of benzene rings is 7. The second-order valence-corrected chi connectivity index (χ2v) is 12.5. The summed E-state index contributed by atoms with van der Waals surface area (Å²) in [4.78, 5) is 10.2. The van der Waals surface area contributed by atoms with Gasteiger partial charge in [0, 0.05) is 55.8 Å². The molecule has 48 heavy (non-hydrogen) atoms. The number of fused-ring (bicyclic) bond motifs is 16. The molecule has 4 heteroatoms. The second-order valence-electron chi connectivity index (χ2n) is 12.5. The first-order valence-electron chi connectivity index (χ1n) is 16.4. The van der Waals surface area contributed by atoms with Crippen molar-refractivity contribution in [2.24, 2.45) is 0 Å². The van der Waals surface area contributed by atoms with E-state index in [1.54, 1.807) is 0 Å². The summed E-state index contributed by atoms with van der Waals surface area (Å²) in [6.07, 6.45) is 3.85. The number of para-hydroxylation sites is 3. The molecule has 0 saturated carbocycles. The van der Waals surface area contributed by atoms with Crippen LogP contribution >= 0.6 is 0 Å². The van der Waals surface area contributed by atoms with Gasteiger partial charge in [-0.05, 0) is 58.6 Å². The summed E-state index contributed by atoms with van der Waals surface area (Å²) in [5.41, 5.74) is 8.88. The van der Waals surface area contributed by atoms with Crippen molar-refractivity contribution in [3.8, 4) is 11.4 Å². The van der Waals surface area contributed by atoms with Gasteiger partial charge >= 0.3 is 0 Å². The molecule has 0 fully saturated rings. The lowest BCUT2D eigenvalue weighted by Gasteiger charge is -2.17. The monoisotopic (exact) mass is 610 g/mol. The fourth-order valence-electron chi connectivity index (χ4n) is 8.32. The molecule has 0 saturated heterocycles. The first-order valence-corrected chi connectivity index (χ1v) is 16.4. The van der Waals surface area contributed by atoms with Crippen LogP contribution in [0.1, 0.15) is 0 Å². The predicted octanol–water partition coefficient (Wildman–Crippen LogP) is 11.3. The van der Waals surface area contributed by atoms with Crippen molar-refractivity contribution in [1.82, 2.24) is 19.1 Å². The molecule has 0 N–H and O–H groups in total. The molecular formula is C44H26N4. The number of aromatic nitrogens is 4. The summed E-state index contributed by atoms with van der Waals surface area (Å²) < 4.78 is 4.94. The molecule has 0 amide bonds. The highest BCUT2D eigenvalue weighted by molar-refractivity contribution is 6.36. The minimum Gasteiger partial charge on any atom is -0.307 e. The first-order chi connectivity index (χ1) is 23.9. The molecule has 0 unspecified atom stereocenters. The van der Waals surface area contributed by atoms with Gasteiger partial charge < -0.3 is 9.13 Å². The molecule has 4 nitrogen and oxygen atoms in total. The Balaban J connectivity index is 1.48. The average Bonchev–Trinajstić information content (AvgIpc) is 3.69. The molecule has 0 radical (unpaired) electrons. The Morgan fingerprint density at radius 3 is 1.60 bits per heavy atom. The van der Waals surface area contributed by atoms with Crippen molar-refractivity contribution in [2.45, 2.75) is 0 Å². The van der Waals surface area contributed by atoms with Crippen molar-refractivity contribution < 1.29 is 0 Å². The molecule has 11 aromatic rings. The lowest BCUT2D eigenvalue weighted by molar-refractivity contribution is 1.16. The fraction of sp³-hybridized carbons (Fsp3) is 0. The molecule has 7 aromatic carbocycles. The largest absolute Gasteiger partial charge is 0.307 e. The molecule has 0 spiro atoms. The van der Waals surface area contributed by atoms with Crippen LogP contribution in [0.2, 0.25) is 0 Å². The Hall–Kier alpha value is -6.52. The number of hydrogen-bond acceptors (Lipinski definition) is 2. The maximum Gasteiger partial charge on any atom is 0.0811 e. The Morgan fingerprint density at radius 1 is 0.333 bits per heavy atom. The molecular weight excluding hydrogens is 585 g/mol. The second kappa shape index (κ2) is 9.50. The van der Waals surface area contributed by atoms with E-state index < -0.39 is 0 Å². The van der Waals surface area contributed by atoms with Crippen LogP contribution in [0.4, 0.5) is 0 Å². The Kier molecular flexibility index (Phi) is 5.08. The zero-order valence-electron chi connectivity index (χ0n) is 25.8. The summed E-state index contributed by atoms with van der Waals surface area (Å²) in [6.45, 7) is 0. The van der Waals surface area contributed by atoms with Crippen LogP contribution in [0, 0.1) is 0 Å². The van der Waals surface area contributed by atoms with E-state index in [4.69, 9.17) is 9.97 Å². The maximum atomic E-state index is 5.10. The quantitative estimate of drug-likeness (QED) is 0.183.